The zero-order chi connectivity index (χ0) is 12.6. The predicted molar refractivity (Wildman–Crippen MR) is 62.8 cm³/mol. The molecule has 4 nitrogen and oxygen atoms in total. The molecule has 0 aliphatic rings. The summed E-state index contributed by atoms with van der Waals surface area (Å²) < 4.78 is 42.4. The summed E-state index contributed by atoms with van der Waals surface area (Å²) in [7, 11) is -4.29. The Kier molecular flexibility index (Phi) is 3.81. The molecule has 1 aromatic carbocycles. The second kappa shape index (κ2) is 4.34. The van der Waals surface area contributed by atoms with Crippen molar-refractivity contribution in [2.45, 2.75) is 7.89 Å². The quantitative estimate of drug-likeness (QED) is 0.631. The SMILES string of the molecule is O=S(=O)(Cl)C(Cl)(Cl)S(=O)(=O)c1ccccc1. The Morgan fingerprint density at radius 1 is 0.938 bits per heavy atom. The second-order valence-corrected chi connectivity index (χ2v) is 10.00. The van der Waals surface area contributed by atoms with Crippen molar-refractivity contribution in [1.82, 2.24) is 0 Å². The Hall–Kier alpha value is -0.0100. The molecule has 16 heavy (non-hydrogen) atoms. The summed E-state index contributed by atoms with van der Waals surface area (Å²) in [5.41, 5.74) is 0. The minimum absolute atomic E-state index is 0.329. The fourth-order valence-electron chi connectivity index (χ4n) is 0.868. The molecule has 0 N–H and O–H groups in total. The lowest BCUT2D eigenvalue weighted by Crippen LogP contribution is -2.32. The van der Waals surface area contributed by atoms with Gasteiger partial charge < -0.3 is 0 Å². The molecule has 0 fully saturated rings. The van der Waals surface area contributed by atoms with E-state index in [2.05, 4.69) is 0 Å². The van der Waals surface area contributed by atoms with E-state index < -0.39 is 21.9 Å². The molecule has 0 bridgehead atoms. The van der Waals surface area contributed by atoms with Crippen LogP contribution in [0, 0.1) is 0 Å². The van der Waals surface area contributed by atoms with Crippen LogP contribution >= 0.6 is 33.9 Å². The van der Waals surface area contributed by atoms with E-state index in [0.29, 0.717) is 0 Å². The predicted octanol–water partition coefficient (Wildman–Crippen LogP) is 2.12. The van der Waals surface area contributed by atoms with Gasteiger partial charge in [-0.25, -0.2) is 16.8 Å². The van der Waals surface area contributed by atoms with Crippen LogP contribution in [0.15, 0.2) is 35.2 Å². The summed E-state index contributed by atoms with van der Waals surface area (Å²) in [4.78, 5) is -0.329. The molecule has 0 amide bonds. The smallest absolute Gasteiger partial charge is 0.219 e. The van der Waals surface area contributed by atoms with Crippen LogP contribution in [0.2, 0.25) is 0 Å². The van der Waals surface area contributed by atoms with Gasteiger partial charge in [0.15, 0.2) is 0 Å². The summed E-state index contributed by atoms with van der Waals surface area (Å²) in [6.07, 6.45) is 0. The van der Waals surface area contributed by atoms with Gasteiger partial charge in [-0.1, -0.05) is 41.4 Å². The maximum atomic E-state index is 11.8. The molecule has 9 heteroatoms. The van der Waals surface area contributed by atoms with Crippen molar-refractivity contribution in [1.29, 1.82) is 0 Å². The normalized spacial score (nSPS) is 13.7. The molecule has 0 unspecified atom stereocenters. The maximum absolute atomic E-state index is 11.8. The van der Waals surface area contributed by atoms with Gasteiger partial charge in [0.05, 0.1) is 4.90 Å². The van der Waals surface area contributed by atoms with Crippen molar-refractivity contribution in [2.75, 3.05) is 0 Å². The van der Waals surface area contributed by atoms with Crippen molar-refractivity contribution in [3.63, 3.8) is 0 Å². The number of sulfone groups is 1. The second-order valence-electron chi connectivity index (χ2n) is 2.72. The van der Waals surface area contributed by atoms with Crippen LogP contribution in [-0.4, -0.2) is 19.8 Å². The molecule has 1 aromatic rings. The number of benzene rings is 1. The summed E-state index contributed by atoms with van der Waals surface area (Å²) >= 11 is 10.6. The Labute approximate surface area is 107 Å². The highest BCUT2D eigenvalue weighted by molar-refractivity contribution is 8.26. The molecule has 0 atom stereocenters. The Morgan fingerprint density at radius 2 is 1.38 bits per heavy atom. The van der Waals surface area contributed by atoms with E-state index >= 15 is 0 Å². The lowest BCUT2D eigenvalue weighted by Gasteiger charge is -2.16. The first-order chi connectivity index (χ1) is 7.11. The first-order valence-electron chi connectivity index (χ1n) is 3.72. The van der Waals surface area contributed by atoms with E-state index in [-0.39, 0.29) is 4.90 Å². The van der Waals surface area contributed by atoms with Gasteiger partial charge in [-0.05, 0) is 12.1 Å². The fraction of sp³-hybridized carbons (Fsp3) is 0.143. The molecule has 90 valence electrons. The average Bonchev–Trinajstić information content (AvgIpc) is 2.17. The largest absolute Gasteiger partial charge is 0.337 e. The van der Waals surface area contributed by atoms with Crippen LogP contribution in [0.1, 0.15) is 0 Å². The van der Waals surface area contributed by atoms with Gasteiger partial charge >= 0.3 is 3.00 Å². The highest BCUT2D eigenvalue weighted by Crippen LogP contribution is 2.40. The zero-order valence-electron chi connectivity index (χ0n) is 7.47. The highest BCUT2D eigenvalue weighted by Gasteiger charge is 2.52. The van der Waals surface area contributed by atoms with Crippen molar-refractivity contribution in [3.05, 3.63) is 30.3 Å². The Bertz CT molecular complexity index is 577. The zero-order valence-corrected chi connectivity index (χ0v) is 11.4. The van der Waals surface area contributed by atoms with E-state index in [0.717, 1.165) is 12.1 Å². The van der Waals surface area contributed by atoms with E-state index in [1.807, 2.05) is 0 Å². The summed E-state index contributed by atoms with van der Waals surface area (Å²) in [5.74, 6) is 0. The number of rotatable bonds is 3. The third-order valence-corrected chi connectivity index (χ3v) is 8.93. The number of halogens is 3. The summed E-state index contributed by atoms with van der Waals surface area (Å²) in [5, 5.41) is 0. The van der Waals surface area contributed by atoms with Crippen molar-refractivity contribution in [3.8, 4) is 0 Å². The average molecular weight is 324 g/mol. The van der Waals surface area contributed by atoms with Gasteiger partial charge in [-0.15, -0.1) is 0 Å². The van der Waals surface area contributed by atoms with Gasteiger partial charge in [0.25, 0.3) is 9.05 Å². The van der Waals surface area contributed by atoms with Crippen LogP contribution in [-0.2, 0) is 18.9 Å². The van der Waals surface area contributed by atoms with Crippen molar-refractivity contribution < 1.29 is 16.8 Å². The van der Waals surface area contributed by atoms with Gasteiger partial charge in [-0.3, -0.25) is 0 Å². The third-order valence-electron chi connectivity index (χ3n) is 1.65. The van der Waals surface area contributed by atoms with Crippen LogP contribution in [0.5, 0.6) is 0 Å². The lowest BCUT2D eigenvalue weighted by atomic mass is 10.4. The molecule has 1 rings (SSSR count). The number of hydrogen-bond acceptors (Lipinski definition) is 4. The maximum Gasteiger partial charge on any atom is 0.337 e. The van der Waals surface area contributed by atoms with Crippen LogP contribution in [0.4, 0.5) is 0 Å². The van der Waals surface area contributed by atoms with Crippen LogP contribution in [0.3, 0.4) is 0 Å². The van der Waals surface area contributed by atoms with Crippen molar-refractivity contribution in [2.24, 2.45) is 0 Å². The minimum atomic E-state index is -4.69. The molecule has 0 aliphatic carbocycles. The van der Waals surface area contributed by atoms with Crippen LogP contribution < -0.4 is 0 Å². The number of hydrogen-bond donors (Lipinski definition) is 0. The van der Waals surface area contributed by atoms with Gasteiger partial charge in [-0.2, -0.15) is 0 Å². The molecule has 0 spiro atoms. The minimum Gasteiger partial charge on any atom is -0.219 e. The summed E-state index contributed by atoms with van der Waals surface area (Å²) in [6.45, 7) is 0. The molecule has 0 heterocycles. The number of alkyl halides is 2. The Balaban J connectivity index is 3.47. The molecule has 0 aromatic heterocycles. The molecule has 0 saturated heterocycles. The highest BCUT2D eigenvalue weighted by atomic mass is 35.7. The van der Waals surface area contributed by atoms with E-state index in [4.69, 9.17) is 33.9 Å². The first-order valence-corrected chi connectivity index (χ1v) is 8.27. The van der Waals surface area contributed by atoms with Crippen LogP contribution in [0.25, 0.3) is 0 Å². The topological polar surface area (TPSA) is 68.3 Å². The van der Waals surface area contributed by atoms with E-state index in [9.17, 15) is 16.8 Å². The third kappa shape index (κ3) is 2.31. The monoisotopic (exact) mass is 322 g/mol. The standard InChI is InChI=1S/C7H5Cl3O4S2/c8-7(9,16(10,13)14)15(11,12)6-4-2-1-3-5-6/h1-5H. The Morgan fingerprint density at radius 3 is 1.75 bits per heavy atom. The fourth-order valence-corrected chi connectivity index (χ4v) is 4.28. The van der Waals surface area contributed by atoms with E-state index in [1.54, 1.807) is 6.07 Å². The molecular weight excluding hydrogens is 319 g/mol. The van der Waals surface area contributed by atoms with Gasteiger partial charge in [0.2, 0.25) is 9.84 Å². The van der Waals surface area contributed by atoms with E-state index in [1.165, 1.54) is 12.1 Å². The molecular formula is C7H5Cl3O4S2. The summed E-state index contributed by atoms with van der Waals surface area (Å²) in [6, 6.07) is 6.68. The lowest BCUT2D eigenvalue weighted by molar-refractivity contribution is 0.587. The molecule has 0 radical (unpaired) electrons. The first kappa shape index (κ1) is 14.1. The van der Waals surface area contributed by atoms with Crippen molar-refractivity contribution >= 4 is 52.8 Å². The van der Waals surface area contributed by atoms with Gasteiger partial charge in [0, 0.05) is 10.7 Å². The van der Waals surface area contributed by atoms with Gasteiger partial charge in [0.1, 0.15) is 0 Å². The molecule has 0 saturated carbocycles. The molecule has 0 aliphatic heterocycles.